The molecule has 1 N–H and O–H groups in total. The average Bonchev–Trinajstić information content (AvgIpc) is 3.24. The van der Waals surface area contributed by atoms with Crippen molar-refractivity contribution < 1.29 is 14.6 Å². The first-order valence-electron chi connectivity index (χ1n) is 8.62. The number of amides is 1. The molecule has 0 unspecified atom stereocenters. The quantitative estimate of drug-likeness (QED) is 0.445. The number of nitrogens with zero attached hydrogens (tertiary/aromatic N) is 1. The molecule has 4 nitrogen and oxygen atoms in total. The van der Waals surface area contributed by atoms with Gasteiger partial charge < -0.3 is 14.7 Å². The number of hydrogen-bond donors (Lipinski definition) is 1. The molecule has 4 heteroatoms. The summed E-state index contributed by atoms with van der Waals surface area (Å²) in [6, 6.07) is 0. The number of hydrogen-bond acceptors (Lipinski definition) is 3. The predicted octanol–water partition coefficient (Wildman–Crippen LogP) is 3.12. The second-order valence-corrected chi connectivity index (χ2v) is 6.44. The molecule has 1 amide bonds. The highest BCUT2D eigenvalue weighted by Gasteiger charge is 2.49. The molecule has 1 aliphatic rings. The Balaban J connectivity index is 1.93. The zero-order chi connectivity index (χ0) is 15.7. The summed E-state index contributed by atoms with van der Waals surface area (Å²) in [4.78, 5) is 13.2. The van der Waals surface area contributed by atoms with Gasteiger partial charge in [-0.25, -0.2) is 0 Å². The van der Waals surface area contributed by atoms with E-state index < -0.39 is 12.2 Å². The van der Waals surface area contributed by atoms with Crippen LogP contribution < -0.4 is 0 Å². The van der Waals surface area contributed by atoms with Gasteiger partial charge in [-0.15, -0.1) is 0 Å². The maximum absolute atomic E-state index is 11.6. The number of carbonyl (C=O) groups excluding carboxylic acids is 1. The number of rotatable bonds is 12. The minimum atomic E-state index is -0.483. The summed E-state index contributed by atoms with van der Waals surface area (Å²) in [6.07, 6.45) is 11.1. The highest BCUT2D eigenvalue weighted by atomic mass is 16.6. The Morgan fingerprint density at radius 3 is 2.10 bits per heavy atom. The van der Waals surface area contributed by atoms with Gasteiger partial charge in [0.2, 0.25) is 0 Å². The summed E-state index contributed by atoms with van der Waals surface area (Å²) in [5.74, 6) is -0.0360. The van der Waals surface area contributed by atoms with Crippen molar-refractivity contribution in [2.75, 3.05) is 14.1 Å². The summed E-state index contributed by atoms with van der Waals surface area (Å²) in [7, 11) is 3.43. The van der Waals surface area contributed by atoms with Crippen LogP contribution in [0.5, 0.6) is 0 Å². The first-order chi connectivity index (χ1) is 10.1. The van der Waals surface area contributed by atoms with E-state index in [-0.39, 0.29) is 12.0 Å². The molecule has 0 saturated carbocycles. The molecule has 0 spiro atoms. The van der Waals surface area contributed by atoms with Crippen LogP contribution >= 0.6 is 0 Å². The fraction of sp³-hybridized carbons (Fsp3) is 0.941. The molecular formula is C17H33NO3. The number of epoxide rings is 1. The number of ether oxygens (including phenoxy) is 1. The van der Waals surface area contributed by atoms with E-state index in [9.17, 15) is 9.90 Å². The van der Waals surface area contributed by atoms with Crippen molar-refractivity contribution in [2.24, 2.45) is 0 Å². The number of aliphatic hydroxyl groups is 1. The lowest BCUT2D eigenvalue weighted by Crippen LogP contribution is -2.30. The van der Waals surface area contributed by atoms with Crippen LogP contribution in [-0.4, -0.2) is 48.3 Å². The molecule has 0 aromatic heterocycles. The molecule has 0 radical (unpaired) electrons. The Morgan fingerprint density at radius 1 is 1.05 bits per heavy atom. The third-order valence-corrected chi connectivity index (χ3v) is 4.19. The van der Waals surface area contributed by atoms with Gasteiger partial charge in [-0.05, 0) is 6.42 Å². The predicted molar refractivity (Wildman–Crippen MR) is 85.2 cm³/mol. The smallest absolute Gasteiger partial charge is 0.254 e. The lowest BCUT2D eigenvalue weighted by atomic mass is 10.0. The SMILES string of the molecule is CCCCCCCCCCC[C@@H](O)[C@H]1O[C@H]1C(=O)N(C)C. The molecule has 1 aliphatic heterocycles. The van der Waals surface area contributed by atoms with Crippen LogP contribution in [0.25, 0.3) is 0 Å². The number of unbranched alkanes of at least 4 members (excludes halogenated alkanes) is 8. The molecule has 21 heavy (non-hydrogen) atoms. The van der Waals surface area contributed by atoms with Crippen molar-refractivity contribution in [3.05, 3.63) is 0 Å². The van der Waals surface area contributed by atoms with E-state index in [4.69, 9.17) is 4.74 Å². The first-order valence-corrected chi connectivity index (χ1v) is 8.62. The molecule has 3 atom stereocenters. The zero-order valence-electron chi connectivity index (χ0n) is 14.0. The van der Waals surface area contributed by atoms with E-state index >= 15 is 0 Å². The van der Waals surface area contributed by atoms with Gasteiger partial charge in [-0.3, -0.25) is 4.79 Å². The molecule has 0 bridgehead atoms. The van der Waals surface area contributed by atoms with Gasteiger partial charge in [-0.2, -0.15) is 0 Å². The van der Waals surface area contributed by atoms with Crippen molar-refractivity contribution >= 4 is 5.91 Å². The molecule has 0 aromatic carbocycles. The van der Waals surface area contributed by atoms with Gasteiger partial charge in [0.05, 0.1) is 6.10 Å². The minimum absolute atomic E-state index is 0.0360. The molecule has 0 aromatic rings. The zero-order valence-corrected chi connectivity index (χ0v) is 14.0. The van der Waals surface area contributed by atoms with Gasteiger partial charge in [0.15, 0.2) is 6.10 Å². The van der Waals surface area contributed by atoms with Crippen LogP contribution in [0.3, 0.4) is 0 Å². The van der Waals surface area contributed by atoms with Crippen molar-refractivity contribution in [1.29, 1.82) is 0 Å². The Morgan fingerprint density at radius 2 is 1.57 bits per heavy atom. The Bertz CT molecular complexity index is 294. The van der Waals surface area contributed by atoms with Gasteiger partial charge in [0, 0.05) is 14.1 Å². The van der Waals surface area contributed by atoms with Gasteiger partial charge in [0.1, 0.15) is 6.10 Å². The van der Waals surface area contributed by atoms with Gasteiger partial charge in [0.25, 0.3) is 5.91 Å². The Kier molecular flexibility index (Phi) is 8.93. The maximum atomic E-state index is 11.6. The number of aliphatic hydroxyl groups excluding tert-OH is 1. The third-order valence-electron chi connectivity index (χ3n) is 4.19. The van der Waals surface area contributed by atoms with E-state index in [1.54, 1.807) is 14.1 Å². The van der Waals surface area contributed by atoms with Crippen LogP contribution in [0.15, 0.2) is 0 Å². The number of likely N-dealkylation sites (N-methyl/N-ethyl adjacent to an activating group) is 1. The van der Waals surface area contributed by atoms with Gasteiger partial charge >= 0.3 is 0 Å². The fourth-order valence-corrected chi connectivity index (χ4v) is 2.70. The average molecular weight is 299 g/mol. The lowest BCUT2D eigenvalue weighted by molar-refractivity contribution is -0.130. The normalized spacial score (nSPS) is 22.1. The van der Waals surface area contributed by atoms with E-state index in [1.807, 2.05) is 0 Å². The largest absolute Gasteiger partial charge is 0.390 e. The maximum Gasteiger partial charge on any atom is 0.254 e. The van der Waals surface area contributed by atoms with E-state index in [2.05, 4.69) is 6.92 Å². The lowest BCUT2D eigenvalue weighted by Gasteiger charge is -2.09. The van der Waals surface area contributed by atoms with E-state index in [0.717, 1.165) is 12.8 Å². The summed E-state index contributed by atoms with van der Waals surface area (Å²) in [6.45, 7) is 2.24. The Labute approximate surface area is 129 Å². The summed E-state index contributed by atoms with van der Waals surface area (Å²) >= 11 is 0. The van der Waals surface area contributed by atoms with Crippen LogP contribution in [0, 0.1) is 0 Å². The van der Waals surface area contributed by atoms with E-state index in [0.29, 0.717) is 0 Å². The standard InChI is InChI=1S/C17H33NO3/c1-4-5-6-7-8-9-10-11-12-13-14(19)15-16(21-15)17(20)18(2)3/h14-16,19H,4-13H2,1-3H3/t14-,15-,16-/m1/s1. The fourth-order valence-electron chi connectivity index (χ4n) is 2.70. The van der Waals surface area contributed by atoms with Crippen molar-refractivity contribution in [2.45, 2.75) is 89.4 Å². The highest BCUT2D eigenvalue weighted by molar-refractivity contribution is 5.83. The van der Waals surface area contributed by atoms with Crippen LogP contribution in [0.2, 0.25) is 0 Å². The second kappa shape index (κ2) is 10.2. The summed E-state index contributed by atoms with van der Waals surface area (Å²) in [5, 5.41) is 9.99. The van der Waals surface area contributed by atoms with Crippen LogP contribution in [-0.2, 0) is 9.53 Å². The monoisotopic (exact) mass is 299 g/mol. The van der Waals surface area contributed by atoms with Gasteiger partial charge in [-0.1, -0.05) is 64.7 Å². The molecule has 0 aliphatic carbocycles. The van der Waals surface area contributed by atoms with Crippen LogP contribution in [0.4, 0.5) is 0 Å². The highest BCUT2D eigenvalue weighted by Crippen LogP contribution is 2.29. The Hall–Kier alpha value is -0.610. The molecule has 124 valence electrons. The minimum Gasteiger partial charge on any atom is -0.390 e. The molecule has 1 heterocycles. The third kappa shape index (κ3) is 7.28. The number of carbonyl (C=O) groups is 1. The molecular weight excluding hydrogens is 266 g/mol. The summed E-state index contributed by atoms with van der Waals surface area (Å²) < 4.78 is 5.29. The molecule has 1 rings (SSSR count). The van der Waals surface area contributed by atoms with Crippen LogP contribution in [0.1, 0.15) is 71.1 Å². The first kappa shape index (κ1) is 18.4. The summed E-state index contributed by atoms with van der Waals surface area (Å²) in [5.41, 5.74) is 0. The molecule has 1 fully saturated rings. The van der Waals surface area contributed by atoms with Crippen molar-refractivity contribution in [3.8, 4) is 0 Å². The molecule has 1 saturated heterocycles. The van der Waals surface area contributed by atoms with Crippen molar-refractivity contribution in [1.82, 2.24) is 4.90 Å². The van der Waals surface area contributed by atoms with E-state index in [1.165, 1.54) is 56.3 Å². The second-order valence-electron chi connectivity index (χ2n) is 6.44. The van der Waals surface area contributed by atoms with Crippen molar-refractivity contribution in [3.63, 3.8) is 0 Å². The topological polar surface area (TPSA) is 53.1 Å².